The molecule has 3 aliphatic rings. The first-order valence-electron chi connectivity index (χ1n) is 8.72. The molecule has 24 heavy (non-hydrogen) atoms. The molecule has 1 aromatic carbocycles. The second-order valence-electron chi connectivity index (χ2n) is 7.28. The fourth-order valence-corrected chi connectivity index (χ4v) is 5.70. The van der Waals surface area contributed by atoms with Crippen molar-refractivity contribution in [1.29, 1.82) is 0 Å². The smallest absolute Gasteiger partial charge is 0.234 e. The topological polar surface area (TPSA) is 75.3 Å². The molecule has 4 rings (SSSR count). The summed E-state index contributed by atoms with van der Waals surface area (Å²) in [5.41, 5.74) is 8.21. The summed E-state index contributed by atoms with van der Waals surface area (Å²) in [4.78, 5) is 12.3. The van der Waals surface area contributed by atoms with E-state index >= 15 is 0 Å². The van der Waals surface area contributed by atoms with Crippen molar-refractivity contribution in [2.24, 2.45) is 17.6 Å². The molecule has 2 fully saturated rings. The Labute approximate surface area is 146 Å². The summed E-state index contributed by atoms with van der Waals surface area (Å²) in [6.07, 6.45) is 3.40. The van der Waals surface area contributed by atoms with Gasteiger partial charge in [-0.15, -0.1) is 11.8 Å². The molecule has 1 amide bonds. The lowest BCUT2D eigenvalue weighted by Gasteiger charge is -2.48. The minimum atomic E-state index is -0.359. The summed E-state index contributed by atoms with van der Waals surface area (Å²) >= 11 is 1.60. The largest absolute Gasteiger partial charge is 0.392 e. The third-order valence-corrected chi connectivity index (χ3v) is 6.96. The van der Waals surface area contributed by atoms with Crippen molar-refractivity contribution < 1.29 is 9.90 Å². The number of piperidine rings is 1. The SMILES string of the molecule is CC(N)c1ccc(C2C(O)CCC3NC(=O)C4SC=CC4C32)cc1. The van der Waals surface area contributed by atoms with Gasteiger partial charge in [-0.2, -0.15) is 0 Å². The van der Waals surface area contributed by atoms with Crippen LogP contribution in [0.2, 0.25) is 0 Å². The number of nitrogens with two attached hydrogens (primary N) is 1. The number of nitrogens with one attached hydrogen (secondary N) is 1. The van der Waals surface area contributed by atoms with Crippen molar-refractivity contribution in [2.45, 2.75) is 49.1 Å². The fraction of sp³-hybridized carbons (Fsp3) is 0.526. The molecule has 7 unspecified atom stereocenters. The van der Waals surface area contributed by atoms with E-state index in [0.29, 0.717) is 0 Å². The monoisotopic (exact) mass is 344 g/mol. The molecule has 128 valence electrons. The summed E-state index contributed by atoms with van der Waals surface area (Å²) < 4.78 is 0. The molecule has 4 nitrogen and oxygen atoms in total. The van der Waals surface area contributed by atoms with Crippen LogP contribution >= 0.6 is 11.8 Å². The average Bonchev–Trinajstić information content (AvgIpc) is 3.06. The molecular formula is C19H24N2O2S. The van der Waals surface area contributed by atoms with Crippen LogP contribution in [0, 0.1) is 11.8 Å². The minimum Gasteiger partial charge on any atom is -0.392 e. The normalized spacial score (nSPS) is 39.0. The number of hydrogen-bond acceptors (Lipinski definition) is 4. The van der Waals surface area contributed by atoms with Crippen molar-refractivity contribution in [1.82, 2.24) is 5.32 Å². The molecule has 1 saturated heterocycles. The van der Waals surface area contributed by atoms with Crippen molar-refractivity contribution >= 4 is 17.7 Å². The highest BCUT2D eigenvalue weighted by molar-refractivity contribution is 8.03. The number of hydrogen-bond donors (Lipinski definition) is 3. The number of carbonyl (C=O) groups excluding carboxylic acids is 1. The van der Waals surface area contributed by atoms with Gasteiger partial charge in [-0.1, -0.05) is 30.3 Å². The molecule has 2 heterocycles. The minimum absolute atomic E-state index is 0.00981. The van der Waals surface area contributed by atoms with Crippen LogP contribution in [0.5, 0.6) is 0 Å². The summed E-state index contributed by atoms with van der Waals surface area (Å²) in [5.74, 6) is 0.673. The van der Waals surface area contributed by atoms with Gasteiger partial charge in [0.2, 0.25) is 5.91 Å². The van der Waals surface area contributed by atoms with Gasteiger partial charge in [0, 0.05) is 23.9 Å². The zero-order valence-corrected chi connectivity index (χ0v) is 14.6. The highest BCUT2D eigenvalue weighted by atomic mass is 32.2. The van der Waals surface area contributed by atoms with Crippen LogP contribution in [0.4, 0.5) is 0 Å². The molecule has 7 atom stereocenters. The quantitative estimate of drug-likeness (QED) is 0.769. The van der Waals surface area contributed by atoms with E-state index in [9.17, 15) is 9.90 Å². The molecule has 0 aromatic heterocycles. The predicted molar refractivity (Wildman–Crippen MR) is 96.5 cm³/mol. The molecule has 0 radical (unpaired) electrons. The third-order valence-electron chi connectivity index (χ3n) is 5.82. The van der Waals surface area contributed by atoms with Crippen molar-refractivity contribution in [2.75, 3.05) is 0 Å². The Hall–Kier alpha value is -1.30. The fourth-order valence-electron chi connectivity index (χ4n) is 4.62. The van der Waals surface area contributed by atoms with E-state index < -0.39 is 0 Å². The summed E-state index contributed by atoms with van der Waals surface area (Å²) in [6.45, 7) is 1.97. The Bertz CT molecular complexity index is 658. The summed E-state index contributed by atoms with van der Waals surface area (Å²) in [5, 5.41) is 16.0. The van der Waals surface area contributed by atoms with E-state index in [1.165, 1.54) is 0 Å². The predicted octanol–water partition coefficient (Wildman–Crippen LogP) is 2.30. The highest BCUT2D eigenvalue weighted by Gasteiger charge is 2.51. The van der Waals surface area contributed by atoms with E-state index in [1.807, 2.05) is 6.92 Å². The van der Waals surface area contributed by atoms with Crippen LogP contribution in [0.3, 0.4) is 0 Å². The lowest BCUT2D eigenvalue weighted by molar-refractivity contribution is -0.126. The maximum Gasteiger partial charge on any atom is 0.234 e. The first-order valence-corrected chi connectivity index (χ1v) is 9.66. The second kappa shape index (κ2) is 6.21. The van der Waals surface area contributed by atoms with E-state index in [0.717, 1.165) is 24.0 Å². The molecule has 0 spiro atoms. The van der Waals surface area contributed by atoms with Gasteiger partial charge in [0.05, 0.1) is 11.4 Å². The molecule has 1 saturated carbocycles. The Kier molecular flexibility index (Phi) is 4.19. The van der Waals surface area contributed by atoms with Gasteiger partial charge in [-0.3, -0.25) is 4.79 Å². The van der Waals surface area contributed by atoms with Crippen LogP contribution in [-0.2, 0) is 4.79 Å². The molecule has 0 bridgehead atoms. The van der Waals surface area contributed by atoms with Crippen LogP contribution in [-0.4, -0.2) is 28.4 Å². The number of allylic oxidation sites excluding steroid dienone is 1. The summed E-state index contributed by atoms with van der Waals surface area (Å²) in [6, 6.07) is 8.50. The van der Waals surface area contributed by atoms with Crippen molar-refractivity contribution in [3.05, 3.63) is 46.9 Å². The first kappa shape index (κ1) is 16.2. The zero-order chi connectivity index (χ0) is 16.8. The summed E-state index contributed by atoms with van der Waals surface area (Å²) in [7, 11) is 0. The third kappa shape index (κ3) is 2.59. The molecular weight excluding hydrogens is 320 g/mol. The maximum atomic E-state index is 12.3. The second-order valence-corrected chi connectivity index (χ2v) is 8.33. The number of rotatable bonds is 2. The standard InChI is InChI=1S/C19H24N2O2S/c1-10(20)11-2-4-12(5-3-11)16-15(22)7-6-14-17(16)13-8-9-24-18(13)19(23)21-14/h2-5,8-10,13-18,22H,6-7,20H2,1H3,(H,21,23). The average molecular weight is 344 g/mol. The Morgan fingerprint density at radius 1 is 1.29 bits per heavy atom. The molecule has 1 aromatic rings. The number of aliphatic hydroxyl groups excluding tert-OH is 1. The van der Waals surface area contributed by atoms with Gasteiger partial charge in [0.1, 0.15) is 0 Å². The number of aliphatic hydroxyl groups is 1. The van der Waals surface area contributed by atoms with Gasteiger partial charge >= 0.3 is 0 Å². The van der Waals surface area contributed by atoms with E-state index in [1.54, 1.807) is 11.8 Å². The molecule has 2 aliphatic heterocycles. The number of benzene rings is 1. The molecule has 1 aliphatic carbocycles. The lowest BCUT2D eigenvalue weighted by atomic mass is 9.63. The van der Waals surface area contributed by atoms with Gasteiger partial charge in [0.25, 0.3) is 0 Å². The van der Waals surface area contributed by atoms with Crippen molar-refractivity contribution in [3.63, 3.8) is 0 Å². The van der Waals surface area contributed by atoms with Gasteiger partial charge < -0.3 is 16.2 Å². The van der Waals surface area contributed by atoms with E-state index in [2.05, 4.69) is 41.1 Å². The van der Waals surface area contributed by atoms with Crippen LogP contribution in [0.25, 0.3) is 0 Å². The van der Waals surface area contributed by atoms with Crippen molar-refractivity contribution in [3.8, 4) is 0 Å². The van der Waals surface area contributed by atoms with E-state index in [4.69, 9.17) is 5.73 Å². The Morgan fingerprint density at radius 2 is 2.04 bits per heavy atom. The van der Waals surface area contributed by atoms with E-state index in [-0.39, 0.29) is 47.1 Å². The Morgan fingerprint density at radius 3 is 2.75 bits per heavy atom. The van der Waals surface area contributed by atoms with Crippen LogP contribution in [0.1, 0.15) is 42.9 Å². The van der Waals surface area contributed by atoms with Crippen LogP contribution in [0.15, 0.2) is 35.7 Å². The number of thioether (sulfide) groups is 1. The Balaban J connectivity index is 1.69. The highest BCUT2D eigenvalue weighted by Crippen LogP contribution is 2.50. The molecule has 5 heteroatoms. The number of carbonyl (C=O) groups is 1. The zero-order valence-electron chi connectivity index (χ0n) is 13.8. The number of amides is 1. The van der Waals surface area contributed by atoms with Crippen LogP contribution < -0.4 is 11.1 Å². The first-order chi connectivity index (χ1) is 11.6. The lowest BCUT2D eigenvalue weighted by Crippen LogP contribution is -2.59. The maximum absolute atomic E-state index is 12.3. The van der Waals surface area contributed by atoms with Gasteiger partial charge in [-0.05, 0) is 42.2 Å². The van der Waals surface area contributed by atoms with Gasteiger partial charge in [-0.25, -0.2) is 0 Å². The molecule has 4 N–H and O–H groups in total. The van der Waals surface area contributed by atoms with Gasteiger partial charge in [0.15, 0.2) is 0 Å². The number of fused-ring (bicyclic) bond motifs is 3.